The van der Waals surface area contributed by atoms with Crippen molar-refractivity contribution < 1.29 is 23.1 Å². The van der Waals surface area contributed by atoms with Gasteiger partial charge in [0.2, 0.25) is 0 Å². The minimum atomic E-state index is -4.92. The first-order chi connectivity index (χ1) is 11.9. The molecule has 0 aliphatic heterocycles. The summed E-state index contributed by atoms with van der Waals surface area (Å²) in [7, 11) is 0. The zero-order valence-electron chi connectivity index (χ0n) is 13.0. The van der Waals surface area contributed by atoms with E-state index in [1.54, 1.807) is 12.1 Å². The van der Waals surface area contributed by atoms with Crippen LogP contribution in [0.5, 0.6) is 0 Å². The highest BCUT2D eigenvalue weighted by atomic mass is 35.5. The second-order valence-electron chi connectivity index (χ2n) is 5.40. The molecule has 4 nitrogen and oxygen atoms in total. The lowest BCUT2D eigenvalue weighted by Gasteiger charge is -2.27. The molecule has 0 fully saturated rings. The van der Waals surface area contributed by atoms with Gasteiger partial charge in [-0.1, -0.05) is 34.8 Å². The predicted octanol–water partition coefficient (Wildman–Crippen LogP) is 5.80. The zero-order chi connectivity index (χ0) is 19.7. The molecule has 1 heterocycles. The van der Waals surface area contributed by atoms with Crippen LogP contribution < -0.4 is 10.6 Å². The molecule has 0 spiro atoms. The smallest absolute Gasteiger partial charge is 0.376 e. The summed E-state index contributed by atoms with van der Waals surface area (Å²) in [6.07, 6.45) is -4.92. The molecule has 2 amide bonds. The van der Waals surface area contributed by atoms with E-state index in [2.05, 4.69) is 10.6 Å². The van der Waals surface area contributed by atoms with Gasteiger partial charge >= 0.3 is 12.2 Å². The summed E-state index contributed by atoms with van der Waals surface area (Å²) >= 11 is 18.9. The number of benzene rings is 1. The molecule has 0 saturated carbocycles. The molecule has 1 aromatic carbocycles. The van der Waals surface area contributed by atoms with Gasteiger partial charge in [0.1, 0.15) is 0 Å². The standard InChI is InChI=1S/C15H12Cl3F3N2O2S/c1-14(25,15(19,20)21)7-4-9(16)12(10(17)5-7)23-13(24)22-6-8-2-3-11(18)26-8/h2-5,25H,6H2,1H3,(H2,22,23,24). The van der Waals surface area contributed by atoms with Crippen LogP contribution in [0.1, 0.15) is 17.4 Å². The highest BCUT2D eigenvalue weighted by Gasteiger charge is 2.51. The normalized spacial score (nSPS) is 14.0. The number of rotatable bonds is 4. The molecule has 26 heavy (non-hydrogen) atoms. The average molecular weight is 448 g/mol. The number of thiophene rings is 1. The molecule has 11 heteroatoms. The molecule has 0 bridgehead atoms. The van der Waals surface area contributed by atoms with Crippen LogP contribution in [-0.2, 0) is 12.1 Å². The number of carbonyl (C=O) groups is 1. The quantitative estimate of drug-likeness (QED) is 0.555. The number of carbonyl (C=O) groups excluding carboxylic acids is 1. The maximum Gasteiger partial charge on any atom is 0.421 e. The Morgan fingerprint density at radius 2 is 1.77 bits per heavy atom. The molecule has 0 radical (unpaired) electrons. The summed E-state index contributed by atoms with van der Waals surface area (Å²) in [5.41, 5.74) is -3.75. The summed E-state index contributed by atoms with van der Waals surface area (Å²) in [6.45, 7) is 0.778. The number of anilines is 1. The number of aliphatic hydroxyl groups is 1. The number of amides is 2. The van der Waals surface area contributed by atoms with Crippen molar-refractivity contribution in [1.29, 1.82) is 0 Å². The highest BCUT2D eigenvalue weighted by Crippen LogP contribution is 2.42. The third kappa shape index (κ3) is 4.75. The summed E-state index contributed by atoms with van der Waals surface area (Å²) < 4.78 is 39.4. The maximum atomic E-state index is 12.9. The van der Waals surface area contributed by atoms with Gasteiger partial charge in [-0.05, 0) is 36.8 Å². The first-order valence-corrected chi connectivity index (χ1v) is 8.94. The molecule has 1 atom stereocenters. The fourth-order valence-corrected chi connectivity index (χ4v) is 3.52. The fraction of sp³-hybridized carbons (Fsp3) is 0.267. The van der Waals surface area contributed by atoms with Crippen molar-refractivity contribution >= 4 is 57.9 Å². The van der Waals surface area contributed by atoms with Crippen molar-refractivity contribution in [2.75, 3.05) is 5.32 Å². The number of halogens is 6. The second-order valence-corrected chi connectivity index (χ2v) is 8.01. The van der Waals surface area contributed by atoms with Crippen molar-refractivity contribution in [3.8, 4) is 0 Å². The summed E-state index contributed by atoms with van der Waals surface area (Å²) in [4.78, 5) is 12.7. The van der Waals surface area contributed by atoms with E-state index in [0.29, 0.717) is 11.3 Å². The lowest BCUT2D eigenvalue weighted by molar-refractivity contribution is -0.258. The number of urea groups is 1. The first-order valence-electron chi connectivity index (χ1n) is 6.99. The van der Waals surface area contributed by atoms with Crippen LogP contribution in [0, 0.1) is 0 Å². The van der Waals surface area contributed by atoms with E-state index >= 15 is 0 Å². The van der Waals surface area contributed by atoms with Crippen molar-refractivity contribution in [3.63, 3.8) is 0 Å². The fourth-order valence-electron chi connectivity index (χ4n) is 1.91. The Hall–Kier alpha value is -1.19. The topological polar surface area (TPSA) is 61.4 Å². The number of alkyl halides is 3. The molecule has 142 valence electrons. The van der Waals surface area contributed by atoms with Gasteiger partial charge in [0.25, 0.3) is 0 Å². The monoisotopic (exact) mass is 446 g/mol. The van der Waals surface area contributed by atoms with E-state index in [1.807, 2.05) is 0 Å². The number of hydrogen-bond acceptors (Lipinski definition) is 3. The van der Waals surface area contributed by atoms with E-state index in [-0.39, 0.29) is 22.3 Å². The van der Waals surface area contributed by atoms with Gasteiger partial charge in [0, 0.05) is 4.88 Å². The lowest BCUT2D eigenvalue weighted by atomic mass is 9.95. The number of hydrogen-bond donors (Lipinski definition) is 3. The van der Waals surface area contributed by atoms with Crippen molar-refractivity contribution in [2.24, 2.45) is 0 Å². The minimum absolute atomic E-state index is 0.0724. The molecule has 0 aliphatic carbocycles. The Kier molecular flexibility index (Phi) is 6.35. The Balaban J connectivity index is 2.14. The van der Waals surface area contributed by atoms with Gasteiger partial charge in [-0.3, -0.25) is 0 Å². The van der Waals surface area contributed by atoms with E-state index in [0.717, 1.165) is 17.0 Å². The molecule has 1 unspecified atom stereocenters. The zero-order valence-corrected chi connectivity index (χ0v) is 16.1. The van der Waals surface area contributed by atoms with Gasteiger partial charge in [0.15, 0.2) is 5.60 Å². The minimum Gasteiger partial charge on any atom is -0.376 e. The largest absolute Gasteiger partial charge is 0.421 e. The lowest BCUT2D eigenvalue weighted by Crippen LogP contribution is -2.39. The van der Waals surface area contributed by atoms with Crippen LogP contribution in [0.15, 0.2) is 24.3 Å². The Morgan fingerprint density at radius 1 is 1.19 bits per heavy atom. The summed E-state index contributed by atoms with van der Waals surface area (Å²) in [5, 5.41) is 14.1. The number of nitrogens with one attached hydrogen (secondary N) is 2. The van der Waals surface area contributed by atoms with Crippen molar-refractivity contribution in [3.05, 3.63) is 49.1 Å². The van der Waals surface area contributed by atoms with E-state index < -0.39 is 23.4 Å². The van der Waals surface area contributed by atoms with Crippen LogP contribution >= 0.6 is 46.1 Å². The SMILES string of the molecule is CC(O)(c1cc(Cl)c(NC(=O)NCc2ccc(Cl)s2)c(Cl)c1)C(F)(F)F. The summed E-state index contributed by atoms with van der Waals surface area (Å²) in [6, 6.07) is 4.56. The Morgan fingerprint density at radius 3 is 2.23 bits per heavy atom. The van der Waals surface area contributed by atoms with Gasteiger partial charge in [0.05, 0.1) is 26.6 Å². The Labute approximate surface area is 165 Å². The van der Waals surface area contributed by atoms with Gasteiger partial charge in [-0.25, -0.2) is 4.79 Å². The highest BCUT2D eigenvalue weighted by molar-refractivity contribution is 7.16. The van der Waals surface area contributed by atoms with Crippen LogP contribution in [0.3, 0.4) is 0 Å². The van der Waals surface area contributed by atoms with E-state index in [1.165, 1.54) is 11.3 Å². The maximum absolute atomic E-state index is 12.9. The molecule has 0 aliphatic rings. The van der Waals surface area contributed by atoms with Crippen molar-refractivity contribution in [2.45, 2.75) is 25.2 Å². The molecule has 0 saturated heterocycles. The predicted molar refractivity (Wildman–Crippen MR) is 97.3 cm³/mol. The Bertz CT molecular complexity index is 802. The molecule has 2 aromatic rings. The molecular weight excluding hydrogens is 436 g/mol. The third-order valence-electron chi connectivity index (χ3n) is 3.45. The second kappa shape index (κ2) is 7.82. The molecule has 2 rings (SSSR count). The van der Waals surface area contributed by atoms with Crippen molar-refractivity contribution in [1.82, 2.24) is 5.32 Å². The third-order valence-corrected chi connectivity index (χ3v) is 5.27. The van der Waals surface area contributed by atoms with Gasteiger partial charge < -0.3 is 15.7 Å². The van der Waals surface area contributed by atoms with Crippen LogP contribution in [-0.4, -0.2) is 17.3 Å². The molecular formula is C15H12Cl3F3N2O2S. The van der Waals surface area contributed by atoms with Crippen LogP contribution in [0.25, 0.3) is 0 Å². The summed E-state index contributed by atoms with van der Waals surface area (Å²) in [5.74, 6) is 0. The van der Waals surface area contributed by atoms with Crippen LogP contribution in [0.2, 0.25) is 14.4 Å². The average Bonchev–Trinajstić information content (AvgIpc) is 2.93. The van der Waals surface area contributed by atoms with Crippen LogP contribution in [0.4, 0.5) is 23.7 Å². The first kappa shape index (κ1) is 21.1. The molecule has 3 N–H and O–H groups in total. The molecule has 1 aromatic heterocycles. The van der Waals surface area contributed by atoms with Gasteiger partial charge in [-0.2, -0.15) is 13.2 Å². The van der Waals surface area contributed by atoms with E-state index in [4.69, 9.17) is 34.8 Å². The van der Waals surface area contributed by atoms with Gasteiger partial charge in [-0.15, -0.1) is 11.3 Å². The van der Waals surface area contributed by atoms with E-state index in [9.17, 15) is 23.1 Å².